The lowest BCUT2D eigenvalue weighted by Gasteiger charge is -2.22. The van der Waals surface area contributed by atoms with Gasteiger partial charge in [-0.05, 0) is 67.0 Å². The summed E-state index contributed by atoms with van der Waals surface area (Å²) in [6, 6.07) is 29.7. The molecule has 2 aliphatic carbocycles. The summed E-state index contributed by atoms with van der Waals surface area (Å²) in [5.41, 5.74) is 9.16. The molecule has 2 aromatic heterocycles. The standard InChI is InChI=1S/C37H24N2O2/c38-21-23-8-7-13-30(35(23)22-16-19-34-28(20-22)25-10-3-5-14-32(25)40-34)39-29-12-4-1-11-27(29)36-31(39)18-17-26-24-9-2-6-15-33(24)41-37(26)36/h1,3-8,10-20,28,34H,2,9H2. The summed E-state index contributed by atoms with van der Waals surface area (Å²) < 4.78 is 15.1. The normalized spacial score (nSPS) is 18.7. The molecule has 6 aromatic rings. The fraction of sp³-hybridized carbons (Fsp3) is 0.108. The quantitative estimate of drug-likeness (QED) is 0.226. The predicted octanol–water partition coefficient (Wildman–Crippen LogP) is 8.86. The number of hydrogen-bond acceptors (Lipinski definition) is 3. The third-order valence-corrected chi connectivity index (χ3v) is 8.87. The number of ether oxygens (including phenoxy) is 1. The second kappa shape index (κ2) is 8.36. The molecule has 0 fully saturated rings. The van der Waals surface area contributed by atoms with Crippen LogP contribution in [0, 0.1) is 11.3 Å². The van der Waals surface area contributed by atoms with Gasteiger partial charge in [0.05, 0.1) is 33.7 Å². The van der Waals surface area contributed by atoms with Gasteiger partial charge in [-0.15, -0.1) is 0 Å². The third-order valence-electron chi connectivity index (χ3n) is 8.87. The summed E-state index contributed by atoms with van der Waals surface area (Å²) in [6.07, 6.45) is 12.8. The van der Waals surface area contributed by atoms with E-state index < -0.39 is 0 Å². The van der Waals surface area contributed by atoms with Crippen molar-refractivity contribution >= 4 is 44.4 Å². The summed E-state index contributed by atoms with van der Waals surface area (Å²) in [4.78, 5) is 0. The van der Waals surface area contributed by atoms with Crippen molar-refractivity contribution in [2.45, 2.75) is 24.9 Å². The number of nitriles is 1. The minimum atomic E-state index is -0.0330. The molecule has 2 atom stereocenters. The molecule has 3 heterocycles. The first kappa shape index (κ1) is 22.5. The van der Waals surface area contributed by atoms with Gasteiger partial charge in [0.25, 0.3) is 0 Å². The molecule has 0 saturated carbocycles. The van der Waals surface area contributed by atoms with E-state index in [1.54, 1.807) is 0 Å². The summed E-state index contributed by atoms with van der Waals surface area (Å²) in [6.45, 7) is 0. The molecule has 0 amide bonds. The molecule has 0 radical (unpaired) electrons. The maximum atomic E-state index is 10.3. The van der Waals surface area contributed by atoms with Crippen molar-refractivity contribution < 1.29 is 9.15 Å². The van der Waals surface area contributed by atoms with Crippen molar-refractivity contribution in [2.24, 2.45) is 0 Å². The van der Waals surface area contributed by atoms with Crippen LogP contribution in [0.15, 0.2) is 108 Å². The van der Waals surface area contributed by atoms with E-state index in [0.717, 1.165) is 68.6 Å². The first-order valence-electron chi connectivity index (χ1n) is 14.1. The Bertz CT molecular complexity index is 2220. The number of furan rings is 1. The van der Waals surface area contributed by atoms with E-state index >= 15 is 0 Å². The number of aromatic nitrogens is 1. The fourth-order valence-corrected chi connectivity index (χ4v) is 7.09. The minimum Gasteiger partial charge on any atom is -0.485 e. The van der Waals surface area contributed by atoms with Crippen LogP contribution in [0.5, 0.6) is 5.75 Å². The second-order valence-electron chi connectivity index (χ2n) is 11.0. The Morgan fingerprint density at radius 3 is 2.71 bits per heavy atom. The highest BCUT2D eigenvalue weighted by Gasteiger charge is 2.34. The van der Waals surface area contributed by atoms with Crippen LogP contribution >= 0.6 is 0 Å². The molecule has 41 heavy (non-hydrogen) atoms. The first-order valence-corrected chi connectivity index (χ1v) is 14.1. The third kappa shape index (κ3) is 3.09. The fourth-order valence-electron chi connectivity index (χ4n) is 7.09. The van der Waals surface area contributed by atoms with Crippen LogP contribution in [0.1, 0.15) is 40.4 Å². The summed E-state index contributed by atoms with van der Waals surface area (Å²) in [5.74, 6) is 2.00. The molecule has 4 heteroatoms. The second-order valence-corrected chi connectivity index (χ2v) is 11.0. The zero-order valence-corrected chi connectivity index (χ0v) is 22.2. The number of benzene rings is 4. The number of fused-ring (bicyclic) bond motifs is 10. The van der Waals surface area contributed by atoms with Crippen LogP contribution in [0.2, 0.25) is 0 Å². The Morgan fingerprint density at radius 2 is 1.76 bits per heavy atom. The molecule has 0 bridgehead atoms. The number of hydrogen-bond donors (Lipinski definition) is 0. The molecule has 2 unspecified atom stereocenters. The van der Waals surface area contributed by atoms with Crippen molar-refractivity contribution in [3.63, 3.8) is 0 Å². The largest absolute Gasteiger partial charge is 0.485 e. The van der Waals surface area contributed by atoms with Gasteiger partial charge in [-0.2, -0.15) is 5.26 Å². The molecular formula is C37H24N2O2. The highest BCUT2D eigenvalue weighted by molar-refractivity contribution is 6.20. The molecule has 1 aliphatic heterocycles. The maximum Gasteiger partial charge on any atom is 0.145 e. The Kier molecular flexibility index (Phi) is 4.60. The van der Waals surface area contributed by atoms with E-state index in [1.807, 2.05) is 24.3 Å². The monoisotopic (exact) mass is 528 g/mol. The van der Waals surface area contributed by atoms with Crippen molar-refractivity contribution in [3.05, 3.63) is 131 Å². The summed E-state index contributed by atoms with van der Waals surface area (Å²) in [5, 5.41) is 13.8. The van der Waals surface area contributed by atoms with E-state index in [1.165, 1.54) is 16.5 Å². The van der Waals surface area contributed by atoms with E-state index in [-0.39, 0.29) is 12.0 Å². The SMILES string of the molecule is N#Cc1cccc(-n2c3ccccc3c3c4oc5c(c4ccc32)CCC=C5)c1C1=CC2c3ccccc3OC2C=C1. The average molecular weight is 529 g/mol. The van der Waals surface area contributed by atoms with E-state index in [9.17, 15) is 5.26 Å². The number of allylic oxidation sites excluding steroid dienone is 3. The summed E-state index contributed by atoms with van der Waals surface area (Å²) >= 11 is 0. The van der Waals surface area contributed by atoms with Gasteiger partial charge < -0.3 is 13.7 Å². The van der Waals surface area contributed by atoms with Crippen molar-refractivity contribution in [1.82, 2.24) is 4.57 Å². The molecule has 9 rings (SSSR count). The number of para-hydroxylation sites is 2. The van der Waals surface area contributed by atoms with Crippen LogP contribution < -0.4 is 4.74 Å². The Balaban J connectivity index is 1.33. The lowest BCUT2D eigenvalue weighted by Crippen LogP contribution is -2.17. The smallest absolute Gasteiger partial charge is 0.145 e. The van der Waals surface area contributed by atoms with Crippen LogP contribution in [0.4, 0.5) is 0 Å². The molecular weight excluding hydrogens is 504 g/mol. The van der Waals surface area contributed by atoms with Crippen molar-refractivity contribution in [3.8, 4) is 17.5 Å². The number of nitrogens with zero attached hydrogens (tertiary/aromatic N) is 2. The Hall–Kier alpha value is -5.27. The minimum absolute atomic E-state index is 0.0330. The number of aryl methyl sites for hydroxylation is 1. The lowest BCUT2D eigenvalue weighted by molar-refractivity contribution is 0.269. The molecule has 0 spiro atoms. The predicted molar refractivity (Wildman–Crippen MR) is 163 cm³/mol. The average Bonchev–Trinajstić information content (AvgIpc) is 3.69. The van der Waals surface area contributed by atoms with E-state index in [2.05, 4.69) is 95.6 Å². The van der Waals surface area contributed by atoms with Gasteiger partial charge in [0, 0.05) is 33.4 Å². The molecule has 0 N–H and O–H groups in total. The zero-order chi connectivity index (χ0) is 27.1. The van der Waals surface area contributed by atoms with E-state index in [0.29, 0.717) is 5.56 Å². The van der Waals surface area contributed by atoms with Crippen molar-refractivity contribution in [1.29, 1.82) is 5.26 Å². The highest BCUT2D eigenvalue weighted by Crippen LogP contribution is 2.46. The zero-order valence-electron chi connectivity index (χ0n) is 22.2. The van der Waals surface area contributed by atoms with Gasteiger partial charge in [-0.25, -0.2) is 0 Å². The van der Waals surface area contributed by atoms with Crippen LogP contribution in [0.3, 0.4) is 0 Å². The molecule has 3 aliphatic rings. The Labute approximate surface area is 236 Å². The van der Waals surface area contributed by atoms with Gasteiger partial charge in [0.15, 0.2) is 0 Å². The van der Waals surface area contributed by atoms with Gasteiger partial charge in [0.1, 0.15) is 23.2 Å². The molecule has 4 aromatic carbocycles. The number of rotatable bonds is 2. The maximum absolute atomic E-state index is 10.3. The molecule has 194 valence electrons. The van der Waals surface area contributed by atoms with Crippen molar-refractivity contribution in [2.75, 3.05) is 0 Å². The van der Waals surface area contributed by atoms with E-state index in [4.69, 9.17) is 9.15 Å². The highest BCUT2D eigenvalue weighted by atomic mass is 16.5. The van der Waals surface area contributed by atoms with Gasteiger partial charge in [0.2, 0.25) is 0 Å². The van der Waals surface area contributed by atoms with Gasteiger partial charge in [-0.3, -0.25) is 0 Å². The van der Waals surface area contributed by atoms with Gasteiger partial charge >= 0.3 is 0 Å². The molecule has 4 nitrogen and oxygen atoms in total. The van der Waals surface area contributed by atoms with Gasteiger partial charge in [-0.1, -0.05) is 60.7 Å². The van der Waals surface area contributed by atoms with Crippen LogP contribution in [-0.2, 0) is 6.42 Å². The lowest BCUT2D eigenvalue weighted by atomic mass is 9.85. The van der Waals surface area contributed by atoms with Crippen LogP contribution in [0.25, 0.3) is 50.1 Å². The molecule has 0 saturated heterocycles. The topological polar surface area (TPSA) is 51.1 Å². The summed E-state index contributed by atoms with van der Waals surface area (Å²) in [7, 11) is 0. The first-order chi connectivity index (χ1) is 20.3. The Morgan fingerprint density at radius 1 is 0.854 bits per heavy atom. The van der Waals surface area contributed by atoms with Crippen LogP contribution in [-0.4, -0.2) is 10.7 Å².